The topological polar surface area (TPSA) is 74.2 Å². The van der Waals surface area contributed by atoms with Crippen molar-refractivity contribution in [3.05, 3.63) is 59.7 Å². The van der Waals surface area contributed by atoms with Crippen molar-refractivity contribution in [2.75, 3.05) is 19.0 Å². The molecule has 0 aliphatic carbocycles. The van der Waals surface area contributed by atoms with Crippen LogP contribution in [0.4, 0.5) is 5.69 Å². The van der Waals surface area contributed by atoms with Gasteiger partial charge in [0.1, 0.15) is 5.75 Å². The highest BCUT2D eigenvalue weighted by atomic mass is 16.5. The van der Waals surface area contributed by atoms with Crippen molar-refractivity contribution in [1.82, 2.24) is 5.32 Å². The van der Waals surface area contributed by atoms with Crippen LogP contribution in [0.3, 0.4) is 0 Å². The second kappa shape index (κ2) is 8.57. The lowest BCUT2D eigenvalue weighted by molar-refractivity contribution is -0.116. The van der Waals surface area contributed by atoms with Gasteiger partial charge in [-0.1, -0.05) is 12.1 Å². The van der Waals surface area contributed by atoms with Crippen LogP contribution in [-0.4, -0.2) is 19.6 Å². The quantitative estimate of drug-likeness (QED) is 0.771. The number of methoxy groups -OCH3 is 1. The van der Waals surface area contributed by atoms with Gasteiger partial charge in [0.05, 0.1) is 18.7 Å². The van der Waals surface area contributed by atoms with Gasteiger partial charge in [-0.15, -0.1) is 0 Å². The number of benzene rings is 2. The lowest BCUT2D eigenvalue weighted by Crippen LogP contribution is -2.21. The number of carbonyl (C=O) groups is 1. The molecular formula is C18H19N3O2. The normalized spacial score (nSPS) is 9.91. The van der Waals surface area contributed by atoms with Gasteiger partial charge in [-0.25, -0.2) is 0 Å². The molecule has 0 unspecified atom stereocenters. The molecule has 0 spiro atoms. The summed E-state index contributed by atoms with van der Waals surface area (Å²) in [6.45, 7) is 1.29. The smallest absolute Gasteiger partial charge is 0.225 e. The SMILES string of the molecule is COc1ccc(CNCCC(=O)Nc2ccc(C#N)cc2)cc1. The fraction of sp³-hybridized carbons (Fsp3) is 0.222. The maximum absolute atomic E-state index is 11.8. The van der Waals surface area contributed by atoms with Crippen molar-refractivity contribution in [1.29, 1.82) is 5.26 Å². The first-order chi connectivity index (χ1) is 11.2. The summed E-state index contributed by atoms with van der Waals surface area (Å²) in [5.74, 6) is 0.771. The van der Waals surface area contributed by atoms with E-state index in [1.54, 1.807) is 31.4 Å². The van der Waals surface area contributed by atoms with Gasteiger partial charge in [0.15, 0.2) is 0 Å². The number of nitriles is 1. The summed E-state index contributed by atoms with van der Waals surface area (Å²) in [4.78, 5) is 11.8. The van der Waals surface area contributed by atoms with Crippen LogP contribution < -0.4 is 15.4 Å². The number of nitrogens with zero attached hydrogens (tertiary/aromatic N) is 1. The molecule has 0 saturated heterocycles. The van der Waals surface area contributed by atoms with Crippen LogP contribution in [0, 0.1) is 11.3 Å². The molecule has 1 amide bonds. The first-order valence-corrected chi connectivity index (χ1v) is 7.35. The predicted molar refractivity (Wildman–Crippen MR) is 89.1 cm³/mol. The van der Waals surface area contributed by atoms with Crippen molar-refractivity contribution in [3.63, 3.8) is 0 Å². The van der Waals surface area contributed by atoms with E-state index in [-0.39, 0.29) is 5.91 Å². The largest absolute Gasteiger partial charge is 0.497 e. The van der Waals surface area contributed by atoms with E-state index in [0.717, 1.165) is 11.3 Å². The Kier molecular flexibility index (Phi) is 6.16. The highest BCUT2D eigenvalue weighted by Crippen LogP contribution is 2.11. The maximum Gasteiger partial charge on any atom is 0.225 e. The minimum absolute atomic E-state index is 0.0584. The number of ether oxygens (including phenoxy) is 1. The molecule has 23 heavy (non-hydrogen) atoms. The molecule has 0 bridgehead atoms. The number of hydrogen-bond acceptors (Lipinski definition) is 4. The monoisotopic (exact) mass is 309 g/mol. The highest BCUT2D eigenvalue weighted by Gasteiger charge is 2.02. The predicted octanol–water partition coefficient (Wildman–Crippen LogP) is 2.69. The Morgan fingerprint density at radius 2 is 1.83 bits per heavy atom. The van der Waals surface area contributed by atoms with Crippen LogP contribution >= 0.6 is 0 Å². The Morgan fingerprint density at radius 3 is 2.43 bits per heavy atom. The van der Waals surface area contributed by atoms with Gasteiger partial charge in [-0.3, -0.25) is 4.79 Å². The average Bonchev–Trinajstić information content (AvgIpc) is 2.60. The summed E-state index contributed by atoms with van der Waals surface area (Å²) in [5, 5.41) is 14.8. The summed E-state index contributed by atoms with van der Waals surface area (Å²) in [5.41, 5.74) is 2.41. The van der Waals surface area contributed by atoms with Gasteiger partial charge in [0.2, 0.25) is 5.91 Å². The Labute approximate surface area is 135 Å². The average molecular weight is 309 g/mol. The van der Waals surface area contributed by atoms with E-state index in [1.165, 1.54) is 0 Å². The second-order valence-corrected chi connectivity index (χ2v) is 5.01. The van der Waals surface area contributed by atoms with Crippen molar-refractivity contribution < 1.29 is 9.53 Å². The second-order valence-electron chi connectivity index (χ2n) is 5.01. The third-order valence-electron chi connectivity index (χ3n) is 3.31. The Bertz CT molecular complexity index is 673. The van der Waals surface area contributed by atoms with Crippen LogP contribution in [-0.2, 0) is 11.3 Å². The molecule has 5 heteroatoms. The zero-order chi connectivity index (χ0) is 16.5. The Morgan fingerprint density at radius 1 is 1.13 bits per heavy atom. The van der Waals surface area contributed by atoms with Crippen molar-refractivity contribution in [2.24, 2.45) is 0 Å². The standard InChI is InChI=1S/C18H19N3O2/c1-23-17-8-4-15(5-9-17)13-20-11-10-18(22)21-16-6-2-14(12-19)3-7-16/h2-9,20H,10-11,13H2,1H3,(H,21,22). The molecular weight excluding hydrogens is 290 g/mol. The van der Waals surface area contributed by atoms with E-state index in [2.05, 4.69) is 10.6 Å². The number of carbonyl (C=O) groups excluding carboxylic acids is 1. The third-order valence-corrected chi connectivity index (χ3v) is 3.31. The van der Waals surface area contributed by atoms with Gasteiger partial charge in [0.25, 0.3) is 0 Å². The van der Waals surface area contributed by atoms with E-state index in [4.69, 9.17) is 10.00 Å². The molecule has 0 heterocycles. The summed E-state index contributed by atoms with van der Waals surface area (Å²) >= 11 is 0. The number of anilines is 1. The summed E-state index contributed by atoms with van der Waals surface area (Å²) in [6, 6.07) is 16.6. The summed E-state index contributed by atoms with van der Waals surface area (Å²) < 4.78 is 5.11. The molecule has 118 valence electrons. The lowest BCUT2D eigenvalue weighted by atomic mass is 10.2. The third kappa shape index (κ3) is 5.46. The van der Waals surface area contributed by atoms with Crippen LogP contribution in [0.1, 0.15) is 17.5 Å². The van der Waals surface area contributed by atoms with Gasteiger partial charge < -0.3 is 15.4 Å². The molecule has 2 aromatic rings. The minimum atomic E-state index is -0.0584. The molecule has 0 fully saturated rings. The number of amides is 1. The molecule has 5 nitrogen and oxygen atoms in total. The zero-order valence-corrected chi connectivity index (χ0v) is 13.0. The number of nitrogens with one attached hydrogen (secondary N) is 2. The molecule has 0 radical (unpaired) electrons. The van der Waals surface area contributed by atoms with Crippen molar-refractivity contribution in [2.45, 2.75) is 13.0 Å². The zero-order valence-electron chi connectivity index (χ0n) is 13.0. The fourth-order valence-corrected chi connectivity index (χ4v) is 2.03. The lowest BCUT2D eigenvalue weighted by Gasteiger charge is -2.07. The Hall–Kier alpha value is -2.84. The highest BCUT2D eigenvalue weighted by molar-refractivity contribution is 5.90. The van der Waals surface area contributed by atoms with Gasteiger partial charge in [-0.05, 0) is 42.0 Å². The van der Waals surface area contributed by atoms with E-state index in [9.17, 15) is 4.79 Å². The van der Waals surface area contributed by atoms with E-state index < -0.39 is 0 Å². The number of hydrogen-bond donors (Lipinski definition) is 2. The molecule has 2 rings (SSSR count). The van der Waals surface area contributed by atoms with Gasteiger partial charge >= 0.3 is 0 Å². The molecule has 0 aromatic heterocycles. The molecule has 0 aliphatic rings. The number of rotatable bonds is 7. The minimum Gasteiger partial charge on any atom is -0.497 e. The van der Waals surface area contributed by atoms with Crippen LogP contribution in [0.5, 0.6) is 5.75 Å². The maximum atomic E-state index is 11.8. The van der Waals surface area contributed by atoms with Crippen LogP contribution in [0.2, 0.25) is 0 Å². The molecule has 2 N–H and O–H groups in total. The fourth-order valence-electron chi connectivity index (χ4n) is 2.03. The van der Waals surface area contributed by atoms with E-state index in [0.29, 0.717) is 30.8 Å². The van der Waals surface area contributed by atoms with E-state index in [1.807, 2.05) is 30.3 Å². The van der Waals surface area contributed by atoms with E-state index >= 15 is 0 Å². The molecule has 2 aromatic carbocycles. The first-order valence-electron chi connectivity index (χ1n) is 7.35. The summed E-state index contributed by atoms with van der Waals surface area (Å²) in [7, 11) is 1.64. The van der Waals surface area contributed by atoms with Gasteiger partial charge in [0, 0.05) is 25.2 Å². The molecule has 0 aliphatic heterocycles. The van der Waals surface area contributed by atoms with Crippen molar-refractivity contribution in [3.8, 4) is 11.8 Å². The van der Waals surface area contributed by atoms with Crippen LogP contribution in [0.25, 0.3) is 0 Å². The first kappa shape index (κ1) is 16.5. The van der Waals surface area contributed by atoms with Gasteiger partial charge in [-0.2, -0.15) is 5.26 Å². The Balaban J connectivity index is 1.68. The summed E-state index contributed by atoms with van der Waals surface area (Å²) in [6.07, 6.45) is 0.385. The van der Waals surface area contributed by atoms with Crippen molar-refractivity contribution >= 4 is 11.6 Å². The molecule has 0 atom stereocenters. The van der Waals surface area contributed by atoms with Crippen LogP contribution in [0.15, 0.2) is 48.5 Å². The molecule has 0 saturated carbocycles.